The summed E-state index contributed by atoms with van der Waals surface area (Å²) in [4.78, 5) is 25.4. The molecule has 0 amide bonds. The first-order valence-electron chi connectivity index (χ1n) is 14.6. The summed E-state index contributed by atoms with van der Waals surface area (Å²) in [6, 6.07) is 0. The molecule has 0 aromatic heterocycles. The molecule has 4 rings (SSSR count). The summed E-state index contributed by atoms with van der Waals surface area (Å²) in [6.07, 6.45) is 5.92. The first-order valence-corrected chi connectivity index (χ1v) is 14.6. The predicted octanol–water partition coefficient (Wildman–Crippen LogP) is -1.32. The van der Waals surface area contributed by atoms with Crippen LogP contribution in [-0.4, -0.2) is 113 Å². The Balaban J connectivity index is 1.70. The number of nitrogens with one attached hydrogen (secondary N) is 1. The van der Waals surface area contributed by atoms with Crippen molar-refractivity contribution < 1.29 is 64.1 Å². The number of carboxylic acid groups (broad SMARTS) is 1. The van der Waals surface area contributed by atoms with Crippen molar-refractivity contribution in [1.29, 1.82) is 0 Å². The summed E-state index contributed by atoms with van der Waals surface area (Å²) in [7, 11) is 1.25. The number of aliphatic carboxylic acids is 1. The molecule has 1 aliphatic carbocycles. The molecule has 2 fully saturated rings. The second-order valence-corrected chi connectivity index (χ2v) is 11.2. The van der Waals surface area contributed by atoms with E-state index in [1.54, 1.807) is 18.4 Å². The second-order valence-electron chi connectivity index (χ2n) is 11.2. The molecule has 43 heavy (non-hydrogen) atoms. The molecule has 0 aromatic rings. The number of aliphatic hydroxyl groups is 5. The summed E-state index contributed by atoms with van der Waals surface area (Å²) in [5.41, 5.74) is 2.07. The zero-order valence-corrected chi connectivity index (χ0v) is 24.1. The fraction of sp³-hybridized carbons (Fsp3) is 0.600. The van der Waals surface area contributed by atoms with E-state index in [1.165, 1.54) is 19.4 Å². The van der Waals surface area contributed by atoms with Gasteiger partial charge in [0.15, 0.2) is 6.29 Å². The molecule has 0 aromatic carbocycles. The first-order chi connectivity index (χ1) is 20.7. The first kappa shape index (κ1) is 33.0. The molecule has 7 N–H and O–H groups in total. The van der Waals surface area contributed by atoms with Crippen molar-refractivity contribution in [2.24, 2.45) is 11.8 Å². The van der Waals surface area contributed by atoms with Crippen LogP contribution in [0.1, 0.15) is 32.1 Å². The molecule has 1 saturated heterocycles. The minimum atomic E-state index is -1.65. The molecule has 13 nitrogen and oxygen atoms in total. The number of carbonyl (C=O) groups excluding carboxylic acids is 1. The Morgan fingerprint density at radius 1 is 1.07 bits per heavy atom. The van der Waals surface area contributed by atoms with Crippen molar-refractivity contribution in [2.45, 2.75) is 69.1 Å². The van der Waals surface area contributed by atoms with E-state index in [2.05, 4.69) is 0 Å². The summed E-state index contributed by atoms with van der Waals surface area (Å²) >= 11 is 0. The van der Waals surface area contributed by atoms with Gasteiger partial charge in [0, 0.05) is 11.5 Å². The number of esters is 1. The fourth-order valence-electron chi connectivity index (χ4n) is 5.87. The van der Waals surface area contributed by atoms with Crippen molar-refractivity contribution in [1.82, 2.24) is 0 Å². The number of hydrogen-bond acceptors (Lipinski definition) is 11. The van der Waals surface area contributed by atoms with Gasteiger partial charge in [-0.25, -0.2) is 9.59 Å². The van der Waals surface area contributed by atoms with Gasteiger partial charge in [0.25, 0.3) is 0 Å². The lowest BCUT2D eigenvalue weighted by Gasteiger charge is -2.43. The molecule has 4 aliphatic rings. The average molecular weight is 609 g/mol. The normalized spacial score (nSPS) is 35.0. The smallest absolute Gasteiger partial charge is 0.341 e. The molecule has 0 spiro atoms. The number of carboxylic acids is 1. The molecular formula is C30H42NO12+. The molecule has 238 valence electrons. The Morgan fingerprint density at radius 2 is 1.81 bits per heavy atom. The molecule has 13 heteroatoms. The third kappa shape index (κ3) is 7.99. The Morgan fingerprint density at radius 3 is 2.47 bits per heavy atom. The molecule has 1 unspecified atom stereocenters. The van der Waals surface area contributed by atoms with Gasteiger partial charge in [-0.2, -0.15) is 0 Å². The SMILES string of the molecule is COC(=O)C1=CO[C@@H](O[C@@H]2O[C@H](CO)[C@@H](O)[C@H](O)[C@H]2O)[C@H](C=C2CCCCC2)[C@@H]1/C=C\C1=CC(C(=O)O)=C[NH+](CCO)C1. The molecule has 3 aliphatic heterocycles. The van der Waals surface area contributed by atoms with E-state index in [-0.39, 0.29) is 17.8 Å². The Bertz CT molecular complexity index is 1150. The van der Waals surface area contributed by atoms with E-state index < -0.39 is 67.4 Å². The summed E-state index contributed by atoms with van der Waals surface area (Å²) in [5.74, 6) is -3.05. The number of aliphatic hydroxyl groups excluding tert-OH is 5. The molecule has 3 heterocycles. The Hall–Kier alpha value is -2.88. The van der Waals surface area contributed by atoms with Crippen molar-refractivity contribution in [3.8, 4) is 0 Å². The Labute approximate surface area is 249 Å². The van der Waals surface area contributed by atoms with Gasteiger partial charge >= 0.3 is 11.9 Å². The quantitative estimate of drug-likeness (QED) is 0.114. The highest BCUT2D eigenvalue weighted by atomic mass is 16.8. The third-order valence-electron chi connectivity index (χ3n) is 8.21. The van der Waals surface area contributed by atoms with Gasteiger partial charge in [-0.3, -0.25) is 0 Å². The number of carbonyl (C=O) groups is 2. The van der Waals surface area contributed by atoms with Crippen LogP contribution in [0.15, 0.2) is 59.1 Å². The van der Waals surface area contributed by atoms with E-state index in [9.17, 15) is 40.2 Å². The summed E-state index contributed by atoms with van der Waals surface area (Å²) in [6.45, 7) is -0.0303. The number of hydrogen-bond donors (Lipinski definition) is 7. The number of methoxy groups -OCH3 is 1. The maximum absolute atomic E-state index is 12.9. The summed E-state index contributed by atoms with van der Waals surface area (Å²) < 4.78 is 22.5. The highest BCUT2D eigenvalue weighted by molar-refractivity contribution is 5.90. The van der Waals surface area contributed by atoms with Crippen LogP contribution in [0, 0.1) is 11.8 Å². The minimum absolute atomic E-state index is 0.0785. The van der Waals surface area contributed by atoms with Crippen LogP contribution >= 0.6 is 0 Å². The van der Waals surface area contributed by atoms with Gasteiger partial charge in [0.2, 0.25) is 6.29 Å². The van der Waals surface area contributed by atoms with Crippen LogP contribution < -0.4 is 4.90 Å². The monoisotopic (exact) mass is 608 g/mol. The van der Waals surface area contributed by atoms with E-state index in [0.717, 1.165) is 42.6 Å². The number of rotatable bonds is 10. The molecule has 0 bridgehead atoms. The standard InChI is InChI=1S/C30H41NO12/c1-40-28(39)22-16-41-29(43-30-26(36)25(35)24(34)23(15-33)42-30)21(12-17-5-3-2-4-6-17)20(22)8-7-18-11-19(27(37)38)14-31(13-18)9-10-32/h7-8,11-12,14,16,20-21,23-26,29-30,32-36H,2-6,9-10,13,15H2,1H3,(H,37,38)/p+1/b8-7-/t20-,21+,23+,24+,25-,26+,29-,30-/m0/s1. The van der Waals surface area contributed by atoms with Gasteiger partial charge < -0.3 is 54.5 Å². The van der Waals surface area contributed by atoms with Crippen LogP contribution in [0.3, 0.4) is 0 Å². The van der Waals surface area contributed by atoms with Crippen molar-refractivity contribution in [2.75, 3.05) is 33.4 Å². The zero-order chi connectivity index (χ0) is 31.1. The Kier molecular flexibility index (Phi) is 11.7. The van der Waals surface area contributed by atoms with E-state index >= 15 is 0 Å². The number of ether oxygens (including phenoxy) is 4. The molecule has 0 radical (unpaired) electrons. The highest BCUT2D eigenvalue weighted by Crippen LogP contribution is 2.38. The summed E-state index contributed by atoms with van der Waals surface area (Å²) in [5, 5.41) is 59.7. The van der Waals surface area contributed by atoms with Crippen LogP contribution in [0.4, 0.5) is 0 Å². The average Bonchev–Trinajstić information content (AvgIpc) is 3.01. The lowest BCUT2D eigenvalue weighted by Crippen LogP contribution is -3.08. The molecule has 9 atom stereocenters. The van der Waals surface area contributed by atoms with Gasteiger partial charge in [0.05, 0.1) is 38.1 Å². The molecule has 1 saturated carbocycles. The van der Waals surface area contributed by atoms with Gasteiger partial charge in [-0.15, -0.1) is 0 Å². The van der Waals surface area contributed by atoms with Crippen LogP contribution in [0.5, 0.6) is 0 Å². The maximum atomic E-state index is 12.9. The number of allylic oxidation sites excluding steroid dienone is 2. The lowest BCUT2D eigenvalue weighted by atomic mass is 9.80. The largest absolute Gasteiger partial charge is 0.477 e. The lowest BCUT2D eigenvalue weighted by molar-refractivity contribution is -0.842. The van der Waals surface area contributed by atoms with Gasteiger partial charge in [-0.1, -0.05) is 30.2 Å². The van der Waals surface area contributed by atoms with E-state index in [4.69, 9.17) is 18.9 Å². The maximum Gasteiger partial charge on any atom is 0.341 e. The highest BCUT2D eigenvalue weighted by Gasteiger charge is 2.47. The predicted molar refractivity (Wildman–Crippen MR) is 149 cm³/mol. The number of quaternary nitrogens is 1. The van der Waals surface area contributed by atoms with E-state index in [1.807, 2.05) is 6.08 Å². The van der Waals surface area contributed by atoms with E-state index in [0.29, 0.717) is 18.7 Å². The van der Waals surface area contributed by atoms with Gasteiger partial charge in [-0.05, 0) is 31.8 Å². The second kappa shape index (κ2) is 15.2. The van der Waals surface area contributed by atoms with Crippen molar-refractivity contribution in [3.05, 3.63) is 59.1 Å². The van der Waals surface area contributed by atoms with Crippen LogP contribution in [0.2, 0.25) is 0 Å². The third-order valence-corrected chi connectivity index (χ3v) is 8.21. The topological polar surface area (TPSA) is 197 Å². The zero-order valence-electron chi connectivity index (χ0n) is 24.1. The minimum Gasteiger partial charge on any atom is -0.477 e. The van der Waals surface area contributed by atoms with Crippen LogP contribution in [0.25, 0.3) is 0 Å². The fourth-order valence-corrected chi connectivity index (χ4v) is 5.87. The van der Waals surface area contributed by atoms with Crippen LogP contribution in [-0.2, 0) is 28.5 Å². The van der Waals surface area contributed by atoms with Crippen molar-refractivity contribution >= 4 is 11.9 Å². The van der Waals surface area contributed by atoms with Crippen molar-refractivity contribution in [3.63, 3.8) is 0 Å². The van der Waals surface area contributed by atoms with Gasteiger partial charge in [0.1, 0.15) is 49.3 Å². The molecular weight excluding hydrogens is 566 g/mol.